The van der Waals surface area contributed by atoms with Crippen LogP contribution in [-0.4, -0.2) is 40.1 Å². The lowest BCUT2D eigenvalue weighted by molar-refractivity contribution is -0.115. The molecule has 0 fully saturated rings. The van der Waals surface area contributed by atoms with Crippen LogP contribution < -0.4 is 14.8 Å². The van der Waals surface area contributed by atoms with E-state index in [-0.39, 0.29) is 5.91 Å². The van der Waals surface area contributed by atoms with Crippen LogP contribution in [0.1, 0.15) is 18.2 Å². The summed E-state index contributed by atoms with van der Waals surface area (Å²) in [6, 6.07) is 17.2. The number of hydrogen-bond acceptors (Lipinski definition) is 7. The molecule has 0 spiro atoms. The zero-order valence-electron chi connectivity index (χ0n) is 19.4. The Labute approximate surface area is 202 Å². The van der Waals surface area contributed by atoms with Gasteiger partial charge in [0.25, 0.3) is 0 Å². The molecule has 0 bridgehead atoms. The van der Waals surface area contributed by atoms with E-state index in [0.717, 1.165) is 16.9 Å². The van der Waals surface area contributed by atoms with Crippen LogP contribution in [0, 0.1) is 6.92 Å². The quantitative estimate of drug-likeness (QED) is 0.337. The van der Waals surface area contributed by atoms with Gasteiger partial charge in [0.15, 0.2) is 11.0 Å². The van der Waals surface area contributed by atoms with Crippen molar-refractivity contribution in [3.8, 4) is 22.9 Å². The second kappa shape index (κ2) is 10.5. The lowest BCUT2D eigenvalue weighted by Crippen LogP contribution is -2.23. The van der Waals surface area contributed by atoms with Gasteiger partial charge in [-0.3, -0.25) is 9.36 Å². The monoisotopic (exact) mass is 478 g/mol. The van der Waals surface area contributed by atoms with Crippen LogP contribution >= 0.6 is 11.8 Å². The van der Waals surface area contributed by atoms with E-state index in [9.17, 15) is 4.79 Å². The smallest absolute Gasteiger partial charge is 0.237 e. The number of hydrogen-bond donors (Lipinski definition) is 1. The first-order valence-electron chi connectivity index (χ1n) is 10.7. The third-order valence-corrected chi connectivity index (χ3v) is 6.35. The normalized spacial score (nSPS) is 11.8. The Morgan fingerprint density at radius 2 is 1.79 bits per heavy atom. The highest BCUT2D eigenvalue weighted by Gasteiger charge is 2.23. The molecule has 2 aromatic carbocycles. The number of methoxy groups -OCH3 is 2. The summed E-state index contributed by atoms with van der Waals surface area (Å²) in [4.78, 5) is 13.0. The molecule has 0 aliphatic carbocycles. The van der Waals surface area contributed by atoms with Crippen LogP contribution in [0.3, 0.4) is 0 Å². The number of thioether (sulfide) groups is 1. The Morgan fingerprint density at radius 3 is 2.41 bits per heavy atom. The fourth-order valence-corrected chi connectivity index (χ4v) is 4.28. The average Bonchev–Trinajstić information content (AvgIpc) is 3.44. The number of amides is 1. The van der Waals surface area contributed by atoms with Crippen molar-refractivity contribution in [1.29, 1.82) is 0 Å². The molecule has 2 heterocycles. The van der Waals surface area contributed by atoms with E-state index in [4.69, 9.17) is 13.9 Å². The molecular formula is C25H26N4O4S. The second-order valence-corrected chi connectivity index (χ2v) is 8.93. The van der Waals surface area contributed by atoms with Crippen molar-refractivity contribution >= 4 is 23.4 Å². The molecule has 1 unspecified atom stereocenters. The van der Waals surface area contributed by atoms with E-state index in [1.165, 1.54) is 11.8 Å². The third kappa shape index (κ3) is 5.26. The Balaban J connectivity index is 1.57. The molecular weight excluding hydrogens is 452 g/mol. The van der Waals surface area contributed by atoms with Gasteiger partial charge >= 0.3 is 0 Å². The van der Waals surface area contributed by atoms with Crippen LogP contribution in [-0.2, 0) is 11.3 Å². The van der Waals surface area contributed by atoms with E-state index in [1.54, 1.807) is 38.7 Å². The van der Waals surface area contributed by atoms with Crippen LogP contribution in [0.4, 0.5) is 5.69 Å². The molecule has 0 aliphatic rings. The number of benzene rings is 2. The van der Waals surface area contributed by atoms with E-state index in [2.05, 4.69) is 15.5 Å². The predicted octanol–water partition coefficient (Wildman–Crippen LogP) is 5.03. The fourth-order valence-electron chi connectivity index (χ4n) is 3.44. The molecule has 9 heteroatoms. The molecule has 0 radical (unpaired) electrons. The lowest BCUT2D eigenvalue weighted by Gasteiger charge is -2.15. The minimum Gasteiger partial charge on any atom is -0.497 e. The number of nitrogens with zero attached hydrogens (tertiary/aromatic N) is 3. The van der Waals surface area contributed by atoms with Gasteiger partial charge in [0.2, 0.25) is 5.91 Å². The Bertz CT molecular complexity index is 1250. The van der Waals surface area contributed by atoms with Crippen molar-refractivity contribution in [3.05, 3.63) is 72.2 Å². The molecule has 8 nitrogen and oxygen atoms in total. The average molecular weight is 479 g/mol. The standard InChI is InChI=1S/C25H26N4O4S/c1-16-22(10-11-33-16)23-27-28-25(29(23)15-18-8-6-5-7-9-18)34-17(2)24(30)26-19-12-20(31-3)14-21(13-19)32-4/h5-14,17H,15H2,1-4H3,(H,26,30). The second-order valence-electron chi connectivity index (χ2n) is 7.62. The van der Waals surface area contributed by atoms with Crippen molar-refractivity contribution in [2.45, 2.75) is 30.8 Å². The van der Waals surface area contributed by atoms with Crippen molar-refractivity contribution < 1.29 is 18.7 Å². The minimum absolute atomic E-state index is 0.171. The van der Waals surface area contributed by atoms with Gasteiger partial charge in [-0.2, -0.15) is 0 Å². The number of nitrogens with one attached hydrogen (secondary N) is 1. The van der Waals surface area contributed by atoms with E-state index >= 15 is 0 Å². The number of carbonyl (C=O) groups is 1. The summed E-state index contributed by atoms with van der Waals surface area (Å²) in [7, 11) is 3.13. The van der Waals surface area contributed by atoms with Gasteiger partial charge in [0.05, 0.1) is 37.8 Å². The zero-order chi connectivity index (χ0) is 24.1. The van der Waals surface area contributed by atoms with Crippen molar-refractivity contribution in [3.63, 3.8) is 0 Å². The third-order valence-electron chi connectivity index (χ3n) is 5.27. The highest BCUT2D eigenvalue weighted by molar-refractivity contribution is 8.00. The number of furan rings is 1. The summed E-state index contributed by atoms with van der Waals surface area (Å²) in [5, 5.41) is 12.0. The molecule has 4 aromatic rings. The molecule has 34 heavy (non-hydrogen) atoms. The molecule has 1 amide bonds. The van der Waals surface area contributed by atoms with Gasteiger partial charge in [-0.05, 0) is 25.5 Å². The molecule has 2 aromatic heterocycles. The van der Waals surface area contributed by atoms with E-state index in [0.29, 0.717) is 34.7 Å². The minimum atomic E-state index is -0.436. The largest absolute Gasteiger partial charge is 0.497 e. The van der Waals surface area contributed by atoms with Crippen LogP contribution in [0.25, 0.3) is 11.4 Å². The first-order chi connectivity index (χ1) is 16.5. The number of rotatable bonds is 9. The van der Waals surface area contributed by atoms with Gasteiger partial charge in [0.1, 0.15) is 17.3 Å². The van der Waals surface area contributed by atoms with Crippen molar-refractivity contribution in [2.75, 3.05) is 19.5 Å². The van der Waals surface area contributed by atoms with Gasteiger partial charge in [-0.15, -0.1) is 10.2 Å². The Kier molecular flexibility index (Phi) is 7.22. The molecule has 0 saturated carbocycles. The summed E-state index contributed by atoms with van der Waals surface area (Å²) in [5.74, 6) is 2.48. The zero-order valence-corrected chi connectivity index (χ0v) is 20.3. The number of carbonyl (C=O) groups excluding carboxylic acids is 1. The molecule has 0 aliphatic heterocycles. The summed E-state index contributed by atoms with van der Waals surface area (Å²) < 4.78 is 18.1. The molecule has 0 saturated heterocycles. The fraction of sp³-hybridized carbons (Fsp3) is 0.240. The molecule has 176 valence electrons. The SMILES string of the molecule is COc1cc(NC(=O)C(C)Sc2nnc(-c3ccoc3C)n2Cc2ccccc2)cc(OC)c1. The van der Waals surface area contributed by atoms with Crippen LogP contribution in [0.2, 0.25) is 0 Å². The Morgan fingerprint density at radius 1 is 1.09 bits per heavy atom. The number of ether oxygens (including phenoxy) is 2. The van der Waals surface area contributed by atoms with Crippen molar-refractivity contribution in [1.82, 2.24) is 14.8 Å². The van der Waals surface area contributed by atoms with E-state index < -0.39 is 5.25 Å². The Hall–Kier alpha value is -3.72. The highest BCUT2D eigenvalue weighted by Crippen LogP contribution is 2.31. The van der Waals surface area contributed by atoms with Gasteiger partial charge in [-0.1, -0.05) is 42.1 Å². The van der Waals surface area contributed by atoms with Crippen LogP contribution in [0.15, 0.2) is 70.4 Å². The maximum Gasteiger partial charge on any atom is 0.237 e. The van der Waals surface area contributed by atoms with Gasteiger partial charge in [-0.25, -0.2) is 0 Å². The first kappa shape index (κ1) is 23.4. The topological polar surface area (TPSA) is 91.4 Å². The maximum absolute atomic E-state index is 13.0. The number of anilines is 1. The summed E-state index contributed by atoms with van der Waals surface area (Å²) >= 11 is 1.34. The van der Waals surface area contributed by atoms with E-state index in [1.807, 2.05) is 54.8 Å². The molecule has 4 rings (SSSR count). The maximum atomic E-state index is 13.0. The van der Waals surface area contributed by atoms with Gasteiger partial charge in [0, 0.05) is 23.9 Å². The highest BCUT2D eigenvalue weighted by atomic mass is 32.2. The summed E-state index contributed by atoms with van der Waals surface area (Å²) in [5.41, 5.74) is 2.57. The number of aryl methyl sites for hydroxylation is 1. The number of aromatic nitrogens is 3. The summed E-state index contributed by atoms with van der Waals surface area (Å²) in [6.45, 7) is 4.29. The van der Waals surface area contributed by atoms with Crippen LogP contribution in [0.5, 0.6) is 11.5 Å². The summed E-state index contributed by atoms with van der Waals surface area (Å²) in [6.07, 6.45) is 1.64. The lowest BCUT2D eigenvalue weighted by atomic mass is 10.2. The molecule has 1 N–H and O–H groups in total. The predicted molar refractivity (Wildman–Crippen MR) is 131 cm³/mol. The van der Waals surface area contributed by atoms with Crippen molar-refractivity contribution in [2.24, 2.45) is 0 Å². The molecule has 1 atom stereocenters. The first-order valence-corrected chi connectivity index (χ1v) is 11.6. The van der Waals surface area contributed by atoms with Gasteiger partial charge < -0.3 is 19.2 Å².